The van der Waals surface area contributed by atoms with E-state index in [2.05, 4.69) is 10.4 Å². The molecule has 2 aliphatic heterocycles. The first-order chi connectivity index (χ1) is 15.2. The van der Waals surface area contributed by atoms with Gasteiger partial charge >= 0.3 is 6.18 Å². The lowest BCUT2D eigenvalue weighted by atomic mass is 9.96. The Bertz CT molecular complexity index is 1010. The van der Waals surface area contributed by atoms with Crippen LogP contribution in [0.25, 0.3) is 0 Å². The summed E-state index contributed by atoms with van der Waals surface area (Å²) in [5.41, 5.74) is 0.407. The molecule has 1 fully saturated rings. The van der Waals surface area contributed by atoms with Crippen LogP contribution in [-0.2, 0) is 0 Å². The predicted octanol–water partition coefficient (Wildman–Crippen LogP) is 4.40. The molecule has 1 aromatic heterocycles. The number of nitrogens with zero attached hydrogens (tertiary/aromatic N) is 3. The van der Waals surface area contributed by atoms with Gasteiger partial charge in [-0.25, -0.2) is 4.68 Å². The first-order valence-electron chi connectivity index (χ1n) is 9.94. The molecule has 0 saturated carbocycles. The summed E-state index contributed by atoms with van der Waals surface area (Å²) in [6, 6.07) is 2.27. The molecule has 1 N–H and O–H groups in total. The van der Waals surface area contributed by atoms with Crippen LogP contribution >= 0.6 is 23.4 Å². The zero-order valence-electron chi connectivity index (χ0n) is 17.4. The second-order valence-electron chi connectivity index (χ2n) is 7.46. The molecule has 12 heteroatoms. The summed E-state index contributed by atoms with van der Waals surface area (Å²) >= 11 is 8.14. The van der Waals surface area contributed by atoms with E-state index in [1.54, 1.807) is 34.9 Å². The number of fused-ring (bicyclic) bond motifs is 1. The number of amides is 1. The fourth-order valence-corrected chi connectivity index (χ4v) is 5.09. The van der Waals surface area contributed by atoms with Crippen LogP contribution < -0.4 is 14.8 Å². The van der Waals surface area contributed by atoms with E-state index in [9.17, 15) is 18.0 Å². The Morgan fingerprint density at radius 2 is 1.91 bits per heavy atom. The Hall–Kier alpha value is -2.27. The Morgan fingerprint density at radius 3 is 2.53 bits per heavy atom. The summed E-state index contributed by atoms with van der Waals surface area (Å²) in [5, 5.41) is 6.97. The van der Waals surface area contributed by atoms with Gasteiger partial charge in [-0.05, 0) is 17.7 Å². The number of thioether (sulfide) groups is 1. The van der Waals surface area contributed by atoms with Gasteiger partial charge in [-0.15, -0.1) is 0 Å². The molecule has 2 unspecified atom stereocenters. The molecule has 4 rings (SSSR count). The van der Waals surface area contributed by atoms with Crippen molar-refractivity contribution in [2.24, 2.45) is 0 Å². The van der Waals surface area contributed by atoms with Crippen molar-refractivity contribution in [3.63, 3.8) is 0 Å². The highest BCUT2D eigenvalue weighted by Gasteiger charge is 2.48. The van der Waals surface area contributed by atoms with Crippen molar-refractivity contribution in [3.8, 4) is 11.5 Å². The molecular weight excluding hydrogens is 469 g/mol. The van der Waals surface area contributed by atoms with E-state index in [4.69, 9.17) is 21.1 Å². The first-order valence-corrected chi connectivity index (χ1v) is 11.5. The molecule has 174 valence electrons. The van der Waals surface area contributed by atoms with E-state index in [0.29, 0.717) is 30.2 Å². The molecule has 2 aromatic rings. The van der Waals surface area contributed by atoms with Gasteiger partial charge in [0.2, 0.25) is 0 Å². The standard InChI is InChI=1S/C20H22ClF3N4O3S/c1-30-13-4-3-11(9-14(13)31-2)12-10-15(20(22,23)24)28-18(25-12)16(21)17(26-28)19(29)27-5-7-32-8-6-27/h3-4,9,12,15,25H,5-8,10H2,1-2H3. The van der Waals surface area contributed by atoms with E-state index < -0.39 is 24.2 Å². The smallest absolute Gasteiger partial charge is 0.410 e. The van der Waals surface area contributed by atoms with Gasteiger partial charge in [0.1, 0.15) is 10.8 Å². The van der Waals surface area contributed by atoms with Crippen LogP contribution in [0.3, 0.4) is 0 Å². The molecule has 7 nitrogen and oxygen atoms in total. The second kappa shape index (κ2) is 8.93. The summed E-state index contributed by atoms with van der Waals surface area (Å²) in [4.78, 5) is 14.5. The van der Waals surface area contributed by atoms with Crippen molar-refractivity contribution >= 4 is 35.1 Å². The minimum Gasteiger partial charge on any atom is -0.493 e. The molecular formula is C20H22ClF3N4O3S. The van der Waals surface area contributed by atoms with Gasteiger partial charge in [-0.2, -0.15) is 30.0 Å². The van der Waals surface area contributed by atoms with E-state index in [1.165, 1.54) is 14.2 Å². The average Bonchev–Trinajstić information content (AvgIpc) is 3.13. The monoisotopic (exact) mass is 490 g/mol. The predicted molar refractivity (Wildman–Crippen MR) is 116 cm³/mol. The number of rotatable bonds is 4. The summed E-state index contributed by atoms with van der Waals surface area (Å²) < 4.78 is 53.3. The number of methoxy groups -OCH3 is 2. The fraction of sp³-hybridized carbons (Fsp3) is 0.500. The lowest BCUT2D eigenvalue weighted by Gasteiger charge is -2.33. The third-order valence-corrected chi connectivity index (χ3v) is 6.91. The minimum absolute atomic E-state index is 0.0187. The number of ether oxygens (including phenoxy) is 2. The number of benzene rings is 1. The van der Waals surface area contributed by atoms with Gasteiger partial charge in [0.05, 0.1) is 20.3 Å². The number of carbonyl (C=O) groups is 1. The van der Waals surface area contributed by atoms with Crippen LogP contribution in [0.15, 0.2) is 18.2 Å². The van der Waals surface area contributed by atoms with Crippen LogP contribution in [0.1, 0.15) is 34.6 Å². The van der Waals surface area contributed by atoms with Crippen molar-refractivity contribution < 1.29 is 27.4 Å². The lowest BCUT2D eigenvalue weighted by Crippen LogP contribution is -2.38. The van der Waals surface area contributed by atoms with Gasteiger partial charge in [-0.3, -0.25) is 4.79 Å². The molecule has 0 aliphatic carbocycles. The summed E-state index contributed by atoms with van der Waals surface area (Å²) in [6.45, 7) is 1.01. The van der Waals surface area contributed by atoms with Gasteiger partial charge in [0.25, 0.3) is 5.91 Å². The van der Waals surface area contributed by atoms with Crippen LogP contribution in [0, 0.1) is 0 Å². The van der Waals surface area contributed by atoms with Crippen LogP contribution in [0.2, 0.25) is 5.02 Å². The van der Waals surface area contributed by atoms with Crippen LogP contribution in [0.4, 0.5) is 19.0 Å². The number of halogens is 4. The molecule has 0 bridgehead atoms. The number of aromatic nitrogens is 2. The Morgan fingerprint density at radius 1 is 1.22 bits per heavy atom. The Kier molecular flexibility index (Phi) is 6.39. The van der Waals surface area contributed by atoms with Crippen LogP contribution in [-0.4, -0.2) is 65.6 Å². The normalized spacial score (nSPS) is 21.0. The van der Waals surface area contributed by atoms with Gasteiger partial charge in [0, 0.05) is 31.0 Å². The van der Waals surface area contributed by atoms with Gasteiger partial charge in [0.15, 0.2) is 23.2 Å². The molecule has 32 heavy (non-hydrogen) atoms. The molecule has 1 aromatic carbocycles. The molecule has 0 spiro atoms. The van der Waals surface area contributed by atoms with Crippen LogP contribution in [0.5, 0.6) is 11.5 Å². The zero-order chi connectivity index (χ0) is 23.0. The molecule has 1 saturated heterocycles. The SMILES string of the molecule is COc1ccc(C2CC(C(F)(F)F)n3nc(C(=O)N4CCSCC4)c(Cl)c3N2)cc1OC. The largest absolute Gasteiger partial charge is 0.493 e. The second-order valence-corrected chi connectivity index (χ2v) is 9.07. The van der Waals surface area contributed by atoms with E-state index in [1.807, 2.05) is 0 Å². The zero-order valence-corrected chi connectivity index (χ0v) is 19.0. The molecule has 0 radical (unpaired) electrons. The Balaban J connectivity index is 1.72. The summed E-state index contributed by atoms with van der Waals surface area (Å²) in [6.07, 6.45) is -4.90. The number of anilines is 1. The summed E-state index contributed by atoms with van der Waals surface area (Å²) in [7, 11) is 2.94. The number of hydrogen-bond donors (Lipinski definition) is 1. The van der Waals surface area contributed by atoms with Crippen molar-refractivity contribution in [2.45, 2.75) is 24.7 Å². The average molecular weight is 491 g/mol. The topological polar surface area (TPSA) is 68.6 Å². The van der Waals surface area contributed by atoms with Crippen molar-refractivity contribution in [2.75, 3.05) is 44.1 Å². The van der Waals surface area contributed by atoms with E-state index >= 15 is 0 Å². The van der Waals surface area contributed by atoms with Crippen molar-refractivity contribution in [3.05, 3.63) is 34.5 Å². The minimum atomic E-state index is -4.58. The quantitative estimate of drug-likeness (QED) is 0.685. The van der Waals surface area contributed by atoms with Gasteiger partial charge < -0.3 is 19.7 Å². The number of alkyl halides is 3. The van der Waals surface area contributed by atoms with Crippen molar-refractivity contribution in [1.29, 1.82) is 0 Å². The Labute approximate surface area is 192 Å². The summed E-state index contributed by atoms with van der Waals surface area (Å²) in [5.74, 6) is 1.93. The highest BCUT2D eigenvalue weighted by molar-refractivity contribution is 7.99. The molecule has 2 atom stereocenters. The van der Waals surface area contributed by atoms with E-state index in [0.717, 1.165) is 16.2 Å². The number of carbonyl (C=O) groups excluding carboxylic acids is 1. The molecule has 1 amide bonds. The fourth-order valence-electron chi connectivity index (χ4n) is 3.93. The lowest BCUT2D eigenvalue weighted by molar-refractivity contribution is -0.173. The highest BCUT2D eigenvalue weighted by atomic mass is 35.5. The van der Waals surface area contributed by atoms with Crippen molar-refractivity contribution in [1.82, 2.24) is 14.7 Å². The number of nitrogens with one attached hydrogen (secondary N) is 1. The number of hydrogen-bond acceptors (Lipinski definition) is 6. The third-order valence-electron chi connectivity index (χ3n) is 5.61. The first kappa shape index (κ1) is 22.9. The van der Waals surface area contributed by atoms with Gasteiger partial charge in [-0.1, -0.05) is 17.7 Å². The maximum Gasteiger partial charge on any atom is 0.410 e. The maximum absolute atomic E-state index is 14.0. The van der Waals surface area contributed by atoms with E-state index in [-0.39, 0.29) is 23.0 Å². The highest BCUT2D eigenvalue weighted by Crippen LogP contribution is 2.47. The molecule has 3 heterocycles. The maximum atomic E-state index is 14.0. The third kappa shape index (κ3) is 4.19. The molecule has 2 aliphatic rings.